The SMILES string of the molecule is CCCCCN1C(=O)C(=O)/C(=C(\O)c2ccc3ccccc3c2)C1c1cccc(OCC)c1. The number of amides is 1. The zero-order valence-corrected chi connectivity index (χ0v) is 19.1. The molecule has 0 bridgehead atoms. The highest BCUT2D eigenvalue weighted by atomic mass is 16.5. The molecule has 0 saturated carbocycles. The molecule has 170 valence electrons. The number of aliphatic hydroxyl groups is 1. The summed E-state index contributed by atoms with van der Waals surface area (Å²) < 4.78 is 5.66. The first kappa shape index (κ1) is 22.6. The van der Waals surface area contributed by atoms with E-state index in [1.54, 1.807) is 11.0 Å². The molecule has 5 heteroatoms. The van der Waals surface area contributed by atoms with Crippen LogP contribution < -0.4 is 4.74 Å². The maximum absolute atomic E-state index is 13.2. The minimum atomic E-state index is -0.659. The summed E-state index contributed by atoms with van der Waals surface area (Å²) in [5.41, 5.74) is 1.39. The zero-order valence-electron chi connectivity index (χ0n) is 19.1. The Bertz CT molecular complexity index is 1210. The number of unbranched alkanes of at least 4 members (excludes halogenated alkanes) is 2. The van der Waals surface area contributed by atoms with Gasteiger partial charge in [-0.2, -0.15) is 0 Å². The van der Waals surface area contributed by atoms with Crippen molar-refractivity contribution in [2.45, 2.75) is 39.2 Å². The molecule has 1 atom stereocenters. The van der Waals surface area contributed by atoms with E-state index in [9.17, 15) is 14.7 Å². The van der Waals surface area contributed by atoms with Crippen LogP contribution in [0.3, 0.4) is 0 Å². The van der Waals surface area contributed by atoms with Gasteiger partial charge in [-0.05, 0) is 47.9 Å². The van der Waals surface area contributed by atoms with Gasteiger partial charge in [-0.3, -0.25) is 9.59 Å². The number of rotatable bonds is 8. The van der Waals surface area contributed by atoms with E-state index in [2.05, 4.69) is 6.92 Å². The third kappa shape index (κ3) is 4.49. The van der Waals surface area contributed by atoms with Gasteiger partial charge in [-0.25, -0.2) is 0 Å². The molecule has 1 saturated heterocycles. The van der Waals surface area contributed by atoms with Crippen LogP contribution in [0.4, 0.5) is 0 Å². The summed E-state index contributed by atoms with van der Waals surface area (Å²) in [7, 11) is 0. The summed E-state index contributed by atoms with van der Waals surface area (Å²) >= 11 is 0. The molecule has 0 aliphatic carbocycles. The number of Topliss-reactive ketones (excluding diaryl/α,β-unsaturated/α-hetero) is 1. The van der Waals surface area contributed by atoms with E-state index >= 15 is 0 Å². The monoisotopic (exact) mass is 443 g/mol. The van der Waals surface area contributed by atoms with E-state index < -0.39 is 17.7 Å². The van der Waals surface area contributed by atoms with Crippen LogP contribution in [0.1, 0.15) is 50.3 Å². The summed E-state index contributed by atoms with van der Waals surface area (Å²) in [5.74, 6) is -0.701. The number of fused-ring (bicyclic) bond motifs is 1. The van der Waals surface area contributed by atoms with Crippen molar-refractivity contribution in [3.8, 4) is 5.75 Å². The number of aliphatic hydroxyl groups excluding tert-OH is 1. The van der Waals surface area contributed by atoms with Gasteiger partial charge in [-0.1, -0.05) is 68.3 Å². The van der Waals surface area contributed by atoms with Crippen LogP contribution in [0.25, 0.3) is 16.5 Å². The van der Waals surface area contributed by atoms with E-state index in [0.29, 0.717) is 24.5 Å². The van der Waals surface area contributed by atoms with Gasteiger partial charge in [0.2, 0.25) is 0 Å². The van der Waals surface area contributed by atoms with Crippen molar-refractivity contribution in [2.24, 2.45) is 0 Å². The Hall–Kier alpha value is -3.60. The molecule has 0 spiro atoms. The minimum absolute atomic E-state index is 0.125. The second-order valence-electron chi connectivity index (χ2n) is 8.27. The fourth-order valence-electron chi connectivity index (χ4n) is 4.42. The molecule has 4 rings (SSSR count). The maximum atomic E-state index is 13.2. The molecule has 33 heavy (non-hydrogen) atoms. The molecule has 1 N–H and O–H groups in total. The van der Waals surface area contributed by atoms with Gasteiger partial charge in [0.05, 0.1) is 18.2 Å². The number of hydrogen-bond donors (Lipinski definition) is 1. The molecular formula is C28H29NO4. The Morgan fingerprint density at radius 2 is 1.73 bits per heavy atom. The van der Waals surface area contributed by atoms with Gasteiger partial charge >= 0.3 is 0 Å². The second-order valence-corrected chi connectivity index (χ2v) is 8.27. The molecule has 1 unspecified atom stereocenters. The van der Waals surface area contributed by atoms with Crippen LogP contribution in [0.2, 0.25) is 0 Å². The Kier molecular flexibility index (Phi) is 6.78. The summed E-state index contributed by atoms with van der Waals surface area (Å²) in [6.07, 6.45) is 2.76. The van der Waals surface area contributed by atoms with Crippen molar-refractivity contribution in [1.29, 1.82) is 0 Å². The number of ketones is 1. The summed E-state index contributed by atoms with van der Waals surface area (Å²) in [6, 6.07) is 20.1. The fourth-order valence-corrected chi connectivity index (χ4v) is 4.42. The molecule has 1 aliphatic rings. The van der Waals surface area contributed by atoms with E-state index in [1.807, 2.05) is 67.6 Å². The molecule has 3 aromatic rings. The van der Waals surface area contributed by atoms with Gasteiger partial charge in [0.1, 0.15) is 11.5 Å². The largest absolute Gasteiger partial charge is 0.507 e. The molecule has 1 fully saturated rings. The Balaban J connectivity index is 1.84. The van der Waals surface area contributed by atoms with Crippen molar-refractivity contribution in [3.63, 3.8) is 0 Å². The molecule has 0 radical (unpaired) electrons. The molecule has 1 heterocycles. The molecule has 0 aromatic heterocycles. The number of carbonyl (C=O) groups excluding carboxylic acids is 2. The van der Waals surface area contributed by atoms with Gasteiger partial charge in [0.25, 0.3) is 11.7 Å². The first-order valence-corrected chi connectivity index (χ1v) is 11.6. The Morgan fingerprint density at radius 1 is 0.939 bits per heavy atom. The topological polar surface area (TPSA) is 66.8 Å². The third-order valence-corrected chi connectivity index (χ3v) is 6.05. The number of ether oxygens (including phenoxy) is 1. The van der Waals surface area contributed by atoms with Crippen LogP contribution >= 0.6 is 0 Å². The second kappa shape index (κ2) is 9.90. The standard InChI is InChI=1S/C28H29NO4/c1-3-5-8-16-29-25(21-12-9-13-23(18-21)33-4-2)24(27(31)28(29)32)26(30)22-15-14-19-10-6-7-11-20(19)17-22/h6-7,9-15,17-18,25,30H,3-5,8,16H2,1-2H3/b26-24-. The highest BCUT2D eigenvalue weighted by molar-refractivity contribution is 6.46. The molecule has 5 nitrogen and oxygen atoms in total. The number of benzene rings is 3. The molecule has 1 aliphatic heterocycles. The minimum Gasteiger partial charge on any atom is -0.507 e. The predicted molar refractivity (Wildman–Crippen MR) is 130 cm³/mol. The quantitative estimate of drug-likeness (QED) is 0.205. The smallest absolute Gasteiger partial charge is 0.295 e. The number of likely N-dealkylation sites (tertiary alicyclic amines) is 1. The lowest BCUT2D eigenvalue weighted by Crippen LogP contribution is -2.30. The van der Waals surface area contributed by atoms with Gasteiger partial charge in [0, 0.05) is 12.1 Å². The summed E-state index contributed by atoms with van der Waals surface area (Å²) in [4.78, 5) is 27.8. The lowest BCUT2D eigenvalue weighted by Gasteiger charge is -2.25. The average Bonchev–Trinajstić information content (AvgIpc) is 3.09. The van der Waals surface area contributed by atoms with Crippen molar-refractivity contribution < 1.29 is 19.4 Å². The average molecular weight is 444 g/mol. The number of carbonyl (C=O) groups is 2. The van der Waals surface area contributed by atoms with E-state index in [-0.39, 0.29) is 11.3 Å². The highest BCUT2D eigenvalue weighted by Crippen LogP contribution is 2.40. The van der Waals surface area contributed by atoms with Crippen molar-refractivity contribution in [1.82, 2.24) is 4.90 Å². The third-order valence-electron chi connectivity index (χ3n) is 6.05. The van der Waals surface area contributed by atoms with Crippen LogP contribution in [-0.2, 0) is 9.59 Å². The highest BCUT2D eigenvalue weighted by Gasteiger charge is 2.45. The first-order valence-electron chi connectivity index (χ1n) is 11.6. The molecular weight excluding hydrogens is 414 g/mol. The van der Waals surface area contributed by atoms with Crippen molar-refractivity contribution in [3.05, 3.63) is 83.4 Å². The number of hydrogen-bond acceptors (Lipinski definition) is 4. The van der Waals surface area contributed by atoms with Crippen molar-refractivity contribution >= 4 is 28.2 Å². The number of nitrogens with zero attached hydrogens (tertiary/aromatic N) is 1. The van der Waals surface area contributed by atoms with Gasteiger partial charge in [0.15, 0.2) is 0 Å². The Labute approximate surface area is 194 Å². The molecule has 1 amide bonds. The van der Waals surface area contributed by atoms with Crippen LogP contribution in [0.15, 0.2) is 72.3 Å². The van der Waals surface area contributed by atoms with Gasteiger partial charge < -0.3 is 14.7 Å². The normalized spacial score (nSPS) is 17.6. The van der Waals surface area contributed by atoms with Crippen LogP contribution in [0, 0.1) is 0 Å². The maximum Gasteiger partial charge on any atom is 0.295 e. The summed E-state index contributed by atoms with van der Waals surface area (Å²) in [6.45, 7) is 4.97. The fraction of sp³-hybridized carbons (Fsp3) is 0.286. The van der Waals surface area contributed by atoms with Crippen LogP contribution in [-0.4, -0.2) is 34.8 Å². The van der Waals surface area contributed by atoms with Crippen molar-refractivity contribution in [2.75, 3.05) is 13.2 Å². The van der Waals surface area contributed by atoms with E-state index in [1.165, 1.54) is 0 Å². The molecule has 3 aromatic carbocycles. The lowest BCUT2D eigenvalue weighted by atomic mass is 9.94. The predicted octanol–water partition coefficient (Wildman–Crippen LogP) is 5.85. The first-order chi connectivity index (χ1) is 16.0. The van der Waals surface area contributed by atoms with E-state index in [0.717, 1.165) is 35.6 Å². The van der Waals surface area contributed by atoms with E-state index in [4.69, 9.17) is 4.74 Å². The van der Waals surface area contributed by atoms with Crippen LogP contribution in [0.5, 0.6) is 5.75 Å². The zero-order chi connectivity index (χ0) is 23.4. The Morgan fingerprint density at radius 3 is 2.48 bits per heavy atom. The summed E-state index contributed by atoms with van der Waals surface area (Å²) in [5, 5.41) is 13.3. The lowest BCUT2D eigenvalue weighted by molar-refractivity contribution is -0.139. The van der Waals surface area contributed by atoms with Gasteiger partial charge in [-0.15, -0.1) is 0 Å².